The Bertz CT molecular complexity index is 181. The molecule has 1 saturated heterocycles. The third-order valence-electron chi connectivity index (χ3n) is 1.41. The van der Waals surface area contributed by atoms with Crippen LogP contribution in [0.15, 0.2) is 0 Å². The van der Waals surface area contributed by atoms with E-state index in [1.165, 1.54) is 4.90 Å². The second-order valence-electron chi connectivity index (χ2n) is 2.26. The first kappa shape index (κ1) is 11.9. The highest BCUT2D eigenvalue weighted by molar-refractivity contribution is 5.82. The molecule has 0 atom stereocenters. The van der Waals surface area contributed by atoms with Crippen LogP contribution in [0.25, 0.3) is 0 Å². The molecular formula is C8H15NO4. The standard InChI is InChI=1S/C6H9NO4.C2H6/c8-5-4-11-2-1-7(5)3-6(9)10;1-2/h1-4H2,(H,9,10);1-2H3. The zero-order chi connectivity index (χ0) is 10.3. The van der Waals surface area contributed by atoms with Gasteiger partial charge in [-0.05, 0) is 0 Å². The van der Waals surface area contributed by atoms with Crippen LogP contribution in [0.3, 0.4) is 0 Å². The number of morpholine rings is 1. The van der Waals surface area contributed by atoms with Gasteiger partial charge in [-0.15, -0.1) is 0 Å². The van der Waals surface area contributed by atoms with Gasteiger partial charge in [0.05, 0.1) is 6.61 Å². The summed E-state index contributed by atoms with van der Waals surface area (Å²) in [6.45, 7) is 4.60. The van der Waals surface area contributed by atoms with Gasteiger partial charge in [0.25, 0.3) is 0 Å². The van der Waals surface area contributed by atoms with Gasteiger partial charge in [-0.2, -0.15) is 0 Å². The van der Waals surface area contributed by atoms with Crippen molar-refractivity contribution in [3.63, 3.8) is 0 Å². The number of rotatable bonds is 2. The van der Waals surface area contributed by atoms with Crippen molar-refractivity contribution in [1.82, 2.24) is 4.90 Å². The molecule has 0 spiro atoms. The van der Waals surface area contributed by atoms with Gasteiger partial charge in [0.2, 0.25) is 5.91 Å². The first-order valence-corrected chi connectivity index (χ1v) is 4.27. The molecule has 1 amide bonds. The highest BCUT2D eigenvalue weighted by atomic mass is 16.5. The molecule has 0 radical (unpaired) electrons. The number of carboxylic acids is 1. The molecule has 1 rings (SSSR count). The smallest absolute Gasteiger partial charge is 0.323 e. The molecule has 5 nitrogen and oxygen atoms in total. The van der Waals surface area contributed by atoms with E-state index in [1.807, 2.05) is 13.8 Å². The highest BCUT2D eigenvalue weighted by Gasteiger charge is 2.20. The van der Waals surface area contributed by atoms with Crippen molar-refractivity contribution in [2.75, 3.05) is 26.3 Å². The quantitative estimate of drug-likeness (QED) is 0.661. The number of aliphatic carboxylic acids is 1. The van der Waals surface area contributed by atoms with E-state index in [2.05, 4.69) is 0 Å². The van der Waals surface area contributed by atoms with E-state index >= 15 is 0 Å². The Balaban J connectivity index is 0.000000671. The largest absolute Gasteiger partial charge is 0.480 e. The van der Waals surface area contributed by atoms with Crippen molar-refractivity contribution in [3.8, 4) is 0 Å². The maximum atomic E-state index is 10.9. The van der Waals surface area contributed by atoms with Crippen LogP contribution in [0.2, 0.25) is 0 Å². The van der Waals surface area contributed by atoms with Crippen LogP contribution in [0.5, 0.6) is 0 Å². The van der Waals surface area contributed by atoms with E-state index in [1.54, 1.807) is 0 Å². The summed E-state index contributed by atoms with van der Waals surface area (Å²) in [6.07, 6.45) is 0. The van der Waals surface area contributed by atoms with Gasteiger partial charge in [0.15, 0.2) is 0 Å². The lowest BCUT2D eigenvalue weighted by molar-refractivity contribution is -0.151. The Morgan fingerprint density at radius 2 is 2.23 bits per heavy atom. The Morgan fingerprint density at radius 1 is 1.62 bits per heavy atom. The van der Waals surface area contributed by atoms with Crippen molar-refractivity contribution in [2.45, 2.75) is 13.8 Å². The number of ether oxygens (including phenoxy) is 1. The average molecular weight is 189 g/mol. The lowest BCUT2D eigenvalue weighted by Gasteiger charge is -2.24. The van der Waals surface area contributed by atoms with Crippen LogP contribution in [-0.4, -0.2) is 48.2 Å². The van der Waals surface area contributed by atoms with Gasteiger partial charge >= 0.3 is 5.97 Å². The maximum Gasteiger partial charge on any atom is 0.323 e. The Labute approximate surface area is 77.3 Å². The fourth-order valence-corrected chi connectivity index (χ4v) is 0.881. The number of carboxylic acid groups (broad SMARTS) is 1. The minimum Gasteiger partial charge on any atom is -0.480 e. The lowest BCUT2D eigenvalue weighted by Crippen LogP contribution is -2.44. The van der Waals surface area contributed by atoms with Crippen LogP contribution < -0.4 is 0 Å². The Hall–Kier alpha value is -1.10. The maximum absolute atomic E-state index is 10.9. The number of amides is 1. The lowest BCUT2D eigenvalue weighted by atomic mass is 10.4. The second kappa shape index (κ2) is 6.42. The molecule has 0 aromatic heterocycles. The van der Waals surface area contributed by atoms with E-state index in [0.717, 1.165) is 0 Å². The molecule has 0 bridgehead atoms. The van der Waals surface area contributed by atoms with E-state index in [9.17, 15) is 9.59 Å². The van der Waals surface area contributed by atoms with Gasteiger partial charge in [0, 0.05) is 6.54 Å². The van der Waals surface area contributed by atoms with Crippen molar-refractivity contribution in [2.24, 2.45) is 0 Å². The third kappa shape index (κ3) is 4.47. The van der Waals surface area contributed by atoms with Crippen LogP contribution in [-0.2, 0) is 14.3 Å². The molecule has 0 aromatic rings. The van der Waals surface area contributed by atoms with Crippen molar-refractivity contribution < 1.29 is 19.4 Å². The number of hydrogen-bond donors (Lipinski definition) is 1. The first-order valence-electron chi connectivity index (χ1n) is 4.27. The normalized spacial score (nSPS) is 16.2. The predicted molar refractivity (Wildman–Crippen MR) is 46.4 cm³/mol. The number of carbonyl (C=O) groups excluding carboxylic acids is 1. The molecule has 0 aromatic carbocycles. The summed E-state index contributed by atoms with van der Waals surface area (Å²) in [5, 5.41) is 8.35. The Morgan fingerprint density at radius 3 is 2.69 bits per heavy atom. The number of carbonyl (C=O) groups is 2. The van der Waals surface area contributed by atoms with Gasteiger partial charge in [0.1, 0.15) is 13.2 Å². The molecule has 5 heteroatoms. The second-order valence-corrected chi connectivity index (χ2v) is 2.26. The van der Waals surface area contributed by atoms with Crippen molar-refractivity contribution in [1.29, 1.82) is 0 Å². The summed E-state index contributed by atoms with van der Waals surface area (Å²) in [4.78, 5) is 22.3. The molecular weight excluding hydrogens is 174 g/mol. The molecule has 1 aliphatic rings. The minimum absolute atomic E-state index is 0.00722. The summed E-state index contributed by atoms with van der Waals surface area (Å²) in [5.41, 5.74) is 0. The molecule has 13 heavy (non-hydrogen) atoms. The molecule has 0 unspecified atom stereocenters. The summed E-state index contributed by atoms with van der Waals surface area (Å²) in [5.74, 6) is -1.24. The van der Waals surface area contributed by atoms with E-state index < -0.39 is 5.97 Å². The summed E-state index contributed by atoms with van der Waals surface area (Å²) in [7, 11) is 0. The highest BCUT2D eigenvalue weighted by Crippen LogP contribution is 1.97. The molecule has 0 aliphatic carbocycles. The van der Waals surface area contributed by atoms with E-state index in [4.69, 9.17) is 9.84 Å². The van der Waals surface area contributed by atoms with Gasteiger partial charge in [-0.1, -0.05) is 13.8 Å². The number of nitrogens with zero attached hydrogens (tertiary/aromatic N) is 1. The third-order valence-corrected chi connectivity index (χ3v) is 1.41. The SMILES string of the molecule is CC.O=C(O)CN1CCOCC1=O. The van der Waals surface area contributed by atoms with E-state index in [-0.39, 0.29) is 19.1 Å². The summed E-state index contributed by atoms with van der Waals surface area (Å²) < 4.78 is 4.81. The van der Waals surface area contributed by atoms with Crippen molar-refractivity contribution >= 4 is 11.9 Å². The first-order chi connectivity index (χ1) is 6.20. The Kier molecular flexibility index (Phi) is 5.88. The summed E-state index contributed by atoms with van der Waals surface area (Å²) in [6, 6.07) is 0. The van der Waals surface area contributed by atoms with Crippen LogP contribution in [0.4, 0.5) is 0 Å². The van der Waals surface area contributed by atoms with E-state index in [0.29, 0.717) is 13.2 Å². The molecule has 76 valence electrons. The van der Waals surface area contributed by atoms with Crippen LogP contribution >= 0.6 is 0 Å². The topological polar surface area (TPSA) is 66.8 Å². The fraction of sp³-hybridized carbons (Fsp3) is 0.750. The summed E-state index contributed by atoms with van der Waals surface area (Å²) >= 11 is 0. The van der Waals surface area contributed by atoms with Gasteiger partial charge in [-0.25, -0.2) is 0 Å². The molecule has 1 N–H and O–H groups in total. The fourth-order valence-electron chi connectivity index (χ4n) is 0.881. The zero-order valence-corrected chi connectivity index (χ0v) is 7.95. The van der Waals surface area contributed by atoms with Crippen LogP contribution in [0, 0.1) is 0 Å². The average Bonchev–Trinajstić information content (AvgIpc) is 2.12. The predicted octanol–water partition coefficient (Wildman–Crippen LogP) is -0.0440. The molecule has 1 heterocycles. The molecule has 0 saturated carbocycles. The monoisotopic (exact) mass is 189 g/mol. The van der Waals surface area contributed by atoms with Crippen molar-refractivity contribution in [3.05, 3.63) is 0 Å². The van der Waals surface area contributed by atoms with Gasteiger partial charge in [-0.3, -0.25) is 9.59 Å². The molecule has 1 aliphatic heterocycles. The molecule has 1 fully saturated rings. The van der Waals surface area contributed by atoms with Crippen LogP contribution in [0.1, 0.15) is 13.8 Å². The zero-order valence-electron chi connectivity index (χ0n) is 7.95. The number of hydrogen-bond acceptors (Lipinski definition) is 3. The van der Waals surface area contributed by atoms with Gasteiger partial charge < -0.3 is 14.7 Å². The minimum atomic E-state index is -0.986.